The number of rotatable bonds is 7. The van der Waals surface area contributed by atoms with E-state index in [0.29, 0.717) is 24.6 Å². The molecule has 0 unspecified atom stereocenters. The van der Waals surface area contributed by atoms with Gasteiger partial charge in [0.25, 0.3) is 0 Å². The van der Waals surface area contributed by atoms with E-state index in [4.69, 9.17) is 15.2 Å². The molecule has 0 bridgehead atoms. The minimum absolute atomic E-state index is 0. The molecular formula is C19H23ClN2O3. The highest BCUT2D eigenvalue weighted by Crippen LogP contribution is 2.25. The molecule has 2 aromatic carbocycles. The van der Waals surface area contributed by atoms with Crippen LogP contribution in [0.15, 0.2) is 43.0 Å². The van der Waals surface area contributed by atoms with Crippen LogP contribution in [0.4, 0.5) is 5.69 Å². The zero-order chi connectivity index (χ0) is 17.5. The van der Waals surface area contributed by atoms with Gasteiger partial charge >= 0.3 is 0 Å². The first-order chi connectivity index (χ1) is 11.5. The van der Waals surface area contributed by atoms with Gasteiger partial charge in [-0.3, -0.25) is 4.79 Å². The van der Waals surface area contributed by atoms with Crippen LogP contribution in [0.1, 0.15) is 23.6 Å². The fourth-order valence-corrected chi connectivity index (χ4v) is 2.23. The monoisotopic (exact) mass is 362 g/mol. The number of nitrogens with one attached hydrogen (secondary N) is 1. The number of methoxy groups -OCH3 is 1. The third kappa shape index (κ3) is 6.04. The largest absolute Gasteiger partial charge is 0.497 e. The Labute approximate surface area is 154 Å². The number of amides is 1. The fraction of sp³-hybridized carbons (Fsp3) is 0.211. The number of nitrogens with two attached hydrogens (primary N) is 1. The quantitative estimate of drug-likeness (QED) is 0.738. The van der Waals surface area contributed by atoms with E-state index in [1.165, 1.54) is 6.92 Å². The molecule has 0 aliphatic carbocycles. The highest BCUT2D eigenvalue weighted by atomic mass is 35.5. The van der Waals surface area contributed by atoms with Crippen LogP contribution in [-0.2, 0) is 17.9 Å². The fourth-order valence-electron chi connectivity index (χ4n) is 2.23. The topological polar surface area (TPSA) is 73.6 Å². The number of anilines is 1. The van der Waals surface area contributed by atoms with E-state index < -0.39 is 0 Å². The van der Waals surface area contributed by atoms with E-state index in [1.54, 1.807) is 25.3 Å². The summed E-state index contributed by atoms with van der Waals surface area (Å²) < 4.78 is 11.1. The van der Waals surface area contributed by atoms with E-state index in [0.717, 1.165) is 22.4 Å². The van der Waals surface area contributed by atoms with Crippen LogP contribution < -0.4 is 20.5 Å². The van der Waals surface area contributed by atoms with E-state index >= 15 is 0 Å². The lowest BCUT2D eigenvalue weighted by atomic mass is 10.1. The number of hydrogen-bond donors (Lipinski definition) is 2. The second-order valence-corrected chi connectivity index (χ2v) is 5.39. The molecule has 25 heavy (non-hydrogen) atoms. The normalized spacial score (nSPS) is 9.68. The Bertz CT molecular complexity index is 747. The van der Waals surface area contributed by atoms with Gasteiger partial charge in [0, 0.05) is 13.5 Å². The third-order valence-corrected chi connectivity index (χ3v) is 3.47. The molecule has 0 fully saturated rings. The molecule has 0 aromatic heterocycles. The number of carbonyl (C=O) groups excluding carboxylic acids is 1. The Kier molecular flexibility index (Phi) is 7.82. The lowest BCUT2D eigenvalue weighted by molar-refractivity contribution is -0.119. The van der Waals surface area contributed by atoms with E-state index in [2.05, 4.69) is 11.9 Å². The van der Waals surface area contributed by atoms with E-state index in [1.807, 2.05) is 24.3 Å². The molecule has 3 N–H and O–H groups in total. The van der Waals surface area contributed by atoms with Gasteiger partial charge in [-0.25, -0.2) is 0 Å². The van der Waals surface area contributed by atoms with Crippen LogP contribution in [0.5, 0.6) is 11.5 Å². The summed E-state index contributed by atoms with van der Waals surface area (Å²) in [5, 5.41) is 2.73. The number of halogens is 1. The molecule has 1 amide bonds. The van der Waals surface area contributed by atoms with Crippen molar-refractivity contribution < 1.29 is 14.3 Å². The van der Waals surface area contributed by atoms with Crippen molar-refractivity contribution in [2.45, 2.75) is 20.1 Å². The zero-order valence-corrected chi connectivity index (χ0v) is 15.2. The van der Waals surface area contributed by atoms with Crippen LogP contribution in [0.25, 0.3) is 6.08 Å². The molecule has 134 valence electrons. The number of hydrogen-bond acceptors (Lipinski definition) is 4. The summed E-state index contributed by atoms with van der Waals surface area (Å²) in [6.45, 7) is 6.06. The second-order valence-electron chi connectivity index (χ2n) is 5.39. The average molecular weight is 363 g/mol. The molecule has 0 heterocycles. The first kappa shape index (κ1) is 20.4. The SMILES string of the molecule is C=Cc1cc(COc2ccc(CNC(C)=O)cc2N)cc(OC)c1.Cl. The van der Waals surface area contributed by atoms with Crippen LogP contribution in [0, 0.1) is 0 Å². The Morgan fingerprint density at radius 1 is 1.24 bits per heavy atom. The summed E-state index contributed by atoms with van der Waals surface area (Å²) in [6, 6.07) is 11.3. The summed E-state index contributed by atoms with van der Waals surface area (Å²) in [7, 11) is 1.62. The molecule has 0 aliphatic rings. The average Bonchev–Trinajstić information content (AvgIpc) is 2.58. The van der Waals surface area contributed by atoms with Gasteiger partial charge in [-0.05, 0) is 47.0 Å². The maximum atomic E-state index is 10.9. The molecule has 0 atom stereocenters. The van der Waals surface area contributed by atoms with Gasteiger partial charge in [-0.1, -0.05) is 18.7 Å². The lowest BCUT2D eigenvalue weighted by Crippen LogP contribution is -2.18. The van der Waals surface area contributed by atoms with Crippen molar-refractivity contribution in [1.29, 1.82) is 0 Å². The van der Waals surface area contributed by atoms with Gasteiger partial charge in [0.2, 0.25) is 5.91 Å². The lowest BCUT2D eigenvalue weighted by Gasteiger charge is -2.12. The first-order valence-corrected chi connectivity index (χ1v) is 7.58. The zero-order valence-electron chi connectivity index (χ0n) is 14.4. The molecule has 6 heteroatoms. The van der Waals surface area contributed by atoms with Crippen molar-refractivity contribution in [2.24, 2.45) is 0 Å². The number of carbonyl (C=O) groups is 1. The molecule has 5 nitrogen and oxygen atoms in total. The number of nitrogen functional groups attached to an aromatic ring is 1. The summed E-state index contributed by atoms with van der Waals surface area (Å²) in [5.74, 6) is 1.28. The molecule has 0 spiro atoms. The minimum Gasteiger partial charge on any atom is -0.497 e. The van der Waals surface area contributed by atoms with Crippen molar-refractivity contribution in [3.8, 4) is 11.5 Å². The second kappa shape index (κ2) is 9.59. The van der Waals surface area contributed by atoms with Crippen molar-refractivity contribution in [3.05, 3.63) is 59.7 Å². The van der Waals surface area contributed by atoms with Crippen LogP contribution in [0.3, 0.4) is 0 Å². The summed E-state index contributed by atoms with van der Waals surface area (Å²) in [4.78, 5) is 10.9. The Morgan fingerprint density at radius 3 is 2.60 bits per heavy atom. The summed E-state index contributed by atoms with van der Waals surface area (Å²) in [6.07, 6.45) is 1.76. The van der Waals surface area contributed by atoms with Crippen molar-refractivity contribution in [2.75, 3.05) is 12.8 Å². The summed E-state index contributed by atoms with van der Waals surface area (Å²) >= 11 is 0. The Hall–Kier alpha value is -2.66. The van der Waals surface area contributed by atoms with E-state index in [-0.39, 0.29) is 18.3 Å². The predicted molar refractivity (Wildman–Crippen MR) is 103 cm³/mol. The highest BCUT2D eigenvalue weighted by molar-refractivity contribution is 5.85. The maximum Gasteiger partial charge on any atom is 0.217 e. The van der Waals surface area contributed by atoms with Crippen molar-refractivity contribution in [3.63, 3.8) is 0 Å². The van der Waals surface area contributed by atoms with Gasteiger partial charge in [0.1, 0.15) is 18.1 Å². The van der Waals surface area contributed by atoms with Crippen LogP contribution in [0.2, 0.25) is 0 Å². The number of ether oxygens (including phenoxy) is 2. The minimum atomic E-state index is -0.0788. The molecule has 0 aliphatic heterocycles. The third-order valence-electron chi connectivity index (χ3n) is 3.47. The number of benzene rings is 2. The highest BCUT2D eigenvalue weighted by Gasteiger charge is 2.05. The van der Waals surface area contributed by atoms with E-state index in [9.17, 15) is 4.79 Å². The van der Waals surface area contributed by atoms with Gasteiger partial charge in [0.15, 0.2) is 0 Å². The Morgan fingerprint density at radius 2 is 2.00 bits per heavy atom. The van der Waals surface area contributed by atoms with Crippen LogP contribution in [-0.4, -0.2) is 13.0 Å². The molecule has 0 saturated carbocycles. The van der Waals surface area contributed by atoms with Gasteiger partial charge < -0.3 is 20.5 Å². The smallest absolute Gasteiger partial charge is 0.217 e. The summed E-state index contributed by atoms with van der Waals surface area (Å²) in [5.41, 5.74) is 9.41. The Balaban J connectivity index is 0.00000312. The van der Waals surface area contributed by atoms with Crippen molar-refractivity contribution in [1.82, 2.24) is 5.32 Å². The van der Waals surface area contributed by atoms with Gasteiger partial charge in [0.05, 0.1) is 12.8 Å². The van der Waals surface area contributed by atoms with Gasteiger partial charge in [-0.15, -0.1) is 12.4 Å². The standard InChI is InChI=1S/C19H22N2O3.ClH/c1-4-14-7-16(9-17(8-14)23-3)12-24-19-6-5-15(10-18(19)20)11-21-13(2)22;/h4-10H,1,11-12,20H2,2-3H3,(H,21,22);1H. The molecular weight excluding hydrogens is 340 g/mol. The first-order valence-electron chi connectivity index (χ1n) is 7.58. The van der Waals surface area contributed by atoms with Crippen LogP contribution >= 0.6 is 12.4 Å². The van der Waals surface area contributed by atoms with Gasteiger partial charge in [-0.2, -0.15) is 0 Å². The maximum absolute atomic E-state index is 10.9. The molecule has 0 saturated heterocycles. The molecule has 2 rings (SSSR count). The predicted octanol–water partition coefficient (Wildman–Crippen LogP) is 3.56. The molecule has 2 aromatic rings. The van der Waals surface area contributed by atoms with Crippen molar-refractivity contribution >= 4 is 30.1 Å². The molecule has 0 radical (unpaired) electrons.